The van der Waals surface area contributed by atoms with Crippen LogP contribution in [-0.4, -0.2) is 24.6 Å². The Kier molecular flexibility index (Phi) is 3.63. The monoisotopic (exact) mass is 235 g/mol. The normalized spacial score (nSPS) is 17.1. The molecule has 0 aromatic carbocycles. The van der Waals surface area contributed by atoms with Crippen LogP contribution in [0.1, 0.15) is 12.8 Å². The molecule has 1 saturated heterocycles. The van der Waals surface area contributed by atoms with Crippen LogP contribution in [0.3, 0.4) is 0 Å². The maximum Gasteiger partial charge on any atom is 0.217 e. The molecule has 0 spiro atoms. The predicted octanol–water partition coefficient (Wildman–Crippen LogP) is 2.87. The lowest BCUT2D eigenvalue weighted by atomic mass is 9.97. The number of hydrogen-bond donors (Lipinski definition) is 0. The van der Waals surface area contributed by atoms with Crippen LogP contribution in [0.25, 0.3) is 4.85 Å². The third-order valence-electron chi connectivity index (χ3n) is 3.04. The molecule has 0 amide bonds. The highest BCUT2D eigenvalue weighted by Crippen LogP contribution is 2.23. The molecule has 2 heterocycles. The van der Waals surface area contributed by atoms with Gasteiger partial charge in [0.25, 0.3) is 0 Å². The Bertz CT molecular complexity index is 374. The zero-order chi connectivity index (χ0) is 11.4. The average Bonchev–Trinajstić information content (AvgIpc) is 2.32. The predicted molar refractivity (Wildman–Crippen MR) is 65.7 cm³/mol. The van der Waals surface area contributed by atoms with Gasteiger partial charge < -0.3 is 9.74 Å². The van der Waals surface area contributed by atoms with Crippen LogP contribution < -0.4 is 4.90 Å². The van der Waals surface area contributed by atoms with Gasteiger partial charge >= 0.3 is 0 Å². The Morgan fingerprint density at radius 3 is 2.75 bits per heavy atom. The van der Waals surface area contributed by atoms with Crippen molar-refractivity contribution in [3.63, 3.8) is 0 Å². The van der Waals surface area contributed by atoms with Crippen LogP contribution >= 0.6 is 11.6 Å². The number of nitrogens with zero attached hydrogens (tertiary/aromatic N) is 3. The van der Waals surface area contributed by atoms with Crippen molar-refractivity contribution in [3.05, 3.63) is 34.9 Å². The van der Waals surface area contributed by atoms with Gasteiger partial charge in [-0.25, -0.2) is 11.6 Å². The van der Waals surface area contributed by atoms with Gasteiger partial charge in [-0.1, -0.05) is 11.6 Å². The molecule has 1 aromatic rings. The van der Waals surface area contributed by atoms with Gasteiger partial charge in [0.15, 0.2) is 0 Å². The zero-order valence-electron chi connectivity index (χ0n) is 9.06. The lowest BCUT2D eigenvalue weighted by molar-refractivity contribution is 0.430. The fraction of sp³-hybridized carbons (Fsp3) is 0.500. The number of aromatic nitrogens is 1. The van der Waals surface area contributed by atoms with Crippen molar-refractivity contribution >= 4 is 17.3 Å². The molecule has 1 aromatic heterocycles. The summed E-state index contributed by atoms with van der Waals surface area (Å²) >= 11 is 5.75. The van der Waals surface area contributed by atoms with E-state index in [0.29, 0.717) is 17.6 Å². The summed E-state index contributed by atoms with van der Waals surface area (Å²) < 4.78 is 0. The topological polar surface area (TPSA) is 20.5 Å². The number of hydrogen-bond acceptors (Lipinski definition) is 2. The largest absolute Gasteiger partial charge is 0.370 e. The molecule has 0 aliphatic carbocycles. The third-order valence-corrected chi connectivity index (χ3v) is 3.26. The lowest BCUT2D eigenvalue weighted by Crippen LogP contribution is -2.34. The first-order chi connectivity index (χ1) is 7.79. The Hall–Kier alpha value is -1.27. The van der Waals surface area contributed by atoms with Gasteiger partial charge in [0.05, 0.1) is 11.9 Å². The second kappa shape index (κ2) is 5.18. The van der Waals surface area contributed by atoms with E-state index in [2.05, 4.69) is 14.7 Å². The molecule has 1 fully saturated rings. The summed E-state index contributed by atoms with van der Waals surface area (Å²) in [6.45, 7) is 9.57. The molecule has 0 saturated carbocycles. The average molecular weight is 236 g/mol. The first-order valence-electron chi connectivity index (χ1n) is 5.49. The van der Waals surface area contributed by atoms with E-state index in [1.807, 2.05) is 18.3 Å². The zero-order valence-corrected chi connectivity index (χ0v) is 9.82. The second-order valence-corrected chi connectivity index (χ2v) is 4.50. The Morgan fingerprint density at radius 2 is 2.19 bits per heavy atom. The van der Waals surface area contributed by atoms with Crippen LogP contribution in [0.5, 0.6) is 0 Å². The molecule has 4 heteroatoms. The van der Waals surface area contributed by atoms with Crippen molar-refractivity contribution in [1.29, 1.82) is 0 Å². The van der Waals surface area contributed by atoms with Crippen molar-refractivity contribution in [2.75, 3.05) is 24.5 Å². The number of rotatable bonds is 2. The van der Waals surface area contributed by atoms with Gasteiger partial charge in [-0.15, -0.1) is 0 Å². The van der Waals surface area contributed by atoms with Crippen LogP contribution in [0.2, 0.25) is 5.15 Å². The van der Waals surface area contributed by atoms with E-state index in [1.165, 1.54) is 0 Å². The summed E-state index contributed by atoms with van der Waals surface area (Å²) in [6, 6.07) is 3.83. The minimum Gasteiger partial charge on any atom is -0.370 e. The van der Waals surface area contributed by atoms with Crippen LogP contribution in [0.15, 0.2) is 18.3 Å². The molecule has 2 rings (SSSR count). The lowest BCUT2D eigenvalue weighted by Gasteiger charge is -2.31. The maximum atomic E-state index is 6.86. The minimum atomic E-state index is 0.534. The van der Waals surface area contributed by atoms with Crippen LogP contribution in [0, 0.1) is 12.5 Å². The molecule has 1 aliphatic heterocycles. The third kappa shape index (κ3) is 2.65. The molecule has 0 unspecified atom stereocenters. The fourth-order valence-electron chi connectivity index (χ4n) is 2.06. The number of pyridine rings is 1. The highest BCUT2D eigenvalue weighted by molar-refractivity contribution is 6.29. The van der Waals surface area contributed by atoms with Crippen LogP contribution in [-0.2, 0) is 0 Å². The SMILES string of the molecule is [C-]#[N+]CC1CCN(c2ccc(Cl)nc2)CC1. The highest BCUT2D eigenvalue weighted by atomic mass is 35.5. The summed E-state index contributed by atoms with van der Waals surface area (Å²) in [5, 5.41) is 0.534. The molecular weight excluding hydrogens is 222 g/mol. The molecule has 3 nitrogen and oxygen atoms in total. The molecule has 16 heavy (non-hydrogen) atoms. The second-order valence-electron chi connectivity index (χ2n) is 4.11. The summed E-state index contributed by atoms with van der Waals surface area (Å²) in [4.78, 5) is 9.86. The number of halogens is 1. The van der Waals surface area contributed by atoms with Crippen molar-refractivity contribution in [3.8, 4) is 0 Å². The quantitative estimate of drug-likeness (QED) is 0.581. The molecule has 0 N–H and O–H groups in total. The molecule has 0 radical (unpaired) electrons. The van der Waals surface area contributed by atoms with Crippen molar-refractivity contribution in [1.82, 2.24) is 4.98 Å². The summed E-state index contributed by atoms with van der Waals surface area (Å²) in [6.07, 6.45) is 4.02. The summed E-state index contributed by atoms with van der Waals surface area (Å²) in [5.74, 6) is 0.578. The summed E-state index contributed by atoms with van der Waals surface area (Å²) in [7, 11) is 0. The molecule has 0 atom stereocenters. The van der Waals surface area contributed by atoms with Gasteiger partial charge in [0.1, 0.15) is 5.15 Å². The van der Waals surface area contributed by atoms with E-state index in [9.17, 15) is 0 Å². The molecular formula is C12H14ClN3. The van der Waals surface area contributed by atoms with Gasteiger partial charge in [-0.2, -0.15) is 0 Å². The Labute approximate surface area is 101 Å². The van der Waals surface area contributed by atoms with Crippen LogP contribution in [0.4, 0.5) is 5.69 Å². The first-order valence-corrected chi connectivity index (χ1v) is 5.87. The fourth-order valence-corrected chi connectivity index (χ4v) is 2.17. The standard InChI is InChI=1S/C12H14ClN3/c1-14-8-10-4-6-16(7-5-10)11-2-3-12(13)15-9-11/h2-3,9-10H,4-8H2. The van der Waals surface area contributed by atoms with Gasteiger partial charge in [-0.3, -0.25) is 0 Å². The van der Waals surface area contributed by atoms with Gasteiger partial charge in [-0.05, 0) is 25.0 Å². The van der Waals surface area contributed by atoms with Crippen molar-refractivity contribution < 1.29 is 0 Å². The van der Waals surface area contributed by atoms with E-state index in [4.69, 9.17) is 18.2 Å². The number of anilines is 1. The molecule has 84 valence electrons. The van der Waals surface area contributed by atoms with Crippen molar-refractivity contribution in [2.45, 2.75) is 12.8 Å². The Morgan fingerprint density at radius 1 is 1.44 bits per heavy atom. The van der Waals surface area contributed by atoms with Gasteiger partial charge in [0, 0.05) is 19.0 Å². The summed E-state index contributed by atoms with van der Waals surface area (Å²) in [5.41, 5.74) is 1.13. The first kappa shape index (κ1) is 11.2. The minimum absolute atomic E-state index is 0.534. The van der Waals surface area contributed by atoms with Gasteiger partial charge in [0.2, 0.25) is 6.54 Å². The highest BCUT2D eigenvalue weighted by Gasteiger charge is 2.21. The maximum absolute atomic E-state index is 6.86. The van der Waals surface area contributed by atoms with Crippen molar-refractivity contribution in [2.24, 2.45) is 5.92 Å². The smallest absolute Gasteiger partial charge is 0.217 e. The molecule has 0 bridgehead atoms. The van der Waals surface area contributed by atoms with E-state index < -0.39 is 0 Å². The van der Waals surface area contributed by atoms with E-state index >= 15 is 0 Å². The Balaban J connectivity index is 1.94. The van der Waals surface area contributed by atoms with E-state index in [1.54, 1.807) is 0 Å². The molecule has 1 aliphatic rings. The van der Waals surface area contributed by atoms with E-state index in [0.717, 1.165) is 31.6 Å². The number of piperidine rings is 1. The van der Waals surface area contributed by atoms with E-state index in [-0.39, 0.29) is 0 Å².